The maximum Gasteiger partial charge on any atom is 0.306 e. The van der Waals surface area contributed by atoms with E-state index in [0.717, 1.165) is 24.8 Å². The molecule has 0 saturated heterocycles. The number of carbonyl (C=O) groups excluding carboxylic acids is 1. The van der Waals surface area contributed by atoms with Gasteiger partial charge in [0, 0.05) is 6.42 Å². The molecule has 21 heavy (non-hydrogen) atoms. The summed E-state index contributed by atoms with van der Waals surface area (Å²) < 4.78 is 5.19. The molecule has 0 saturated carbocycles. The Morgan fingerprint density at radius 1 is 1.29 bits per heavy atom. The molecule has 2 nitrogen and oxygen atoms in total. The largest absolute Gasteiger partial charge is 0.461 e. The van der Waals surface area contributed by atoms with Gasteiger partial charge in [0.25, 0.3) is 0 Å². The van der Waals surface area contributed by atoms with E-state index in [0.29, 0.717) is 18.9 Å². The number of aryl methyl sites for hydroxylation is 1. The van der Waals surface area contributed by atoms with Crippen LogP contribution in [0.25, 0.3) is 0 Å². The van der Waals surface area contributed by atoms with Crippen LogP contribution in [0, 0.1) is 6.92 Å². The summed E-state index contributed by atoms with van der Waals surface area (Å²) in [5.41, 5.74) is 3.83. The SMILES string of the molecule is CCCC(=O)OCC(C)=CCC[C@H](C)c1ccc(C)cc1. The van der Waals surface area contributed by atoms with Crippen molar-refractivity contribution in [1.29, 1.82) is 0 Å². The molecule has 0 N–H and O–H groups in total. The van der Waals surface area contributed by atoms with E-state index < -0.39 is 0 Å². The highest BCUT2D eigenvalue weighted by Crippen LogP contribution is 2.21. The smallest absolute Gasteiger partial charge is 0.306 e. The average molecular weight is 288 g/mol. The third kappa shape index (κ3) is 7.12. The minimum Gasteiger partial charge on any atom is -0.461 e. The van der Waals surface area contributed by atoms with E-state index in [9.17, 15) is 4.79 Å². The zero-order valence-electron chi connectivity index (χ0n) is 13.8. The predicted octanol–water partition coefficient (Wildman–Crippen LogP) is 5.17. The number of esters is 1. The molecule has 0 radical (unpaired) electrons. The molecule has 0 bridgehead atoms. The van der Waals surface area contributed by atoms with Crippen LogP contribution in [-0.2, 0) is 9.53 Å². The molecular weight excluding hydrogens is 260 g/mol. The summed E-state index contributed by atoms with van der Waals surface area (Å²) in [6.45, 7) is 8.80. The number of hydrogen-bond donors (Lipinski definition) is 0. The fourth-order valence-corrected chi connectivity index (χ4v) is 2.17. The number of allylic oxidation sites excluding steroid dienone is 1. The van der Waals surface area contributed by atoms with Crippen LogP contribution in [0.2, 0.25) is 0 Å². The van der Waals surface area contributed by atoms with E-state index in [-0.39, 0.29) is 5.97 Å². The number of benzene rings is 1. The molecule has 0 aliphatic rings. The number of rotatable bonds is 8. The number of hydrogen-bond acceptors (Lipinski definition) is 2. The highest BCUT2D eigenvalue weighted by molar-refractivity contribution is 5.69. The summed E-state index contributed by atoms with van der Waals surface area (Å²) in [5.74, 6) is 0.454. The zero-order valence-corrected chi connectivity index (χ0v) is 13.8. The van der Waals surface area contributed by atoms with Gasteiger partial charge in [0.05, 0.1) is 0 Å². The molecule has 0 aliphatic heterocycles. The molecule has 0 heterocycles. The molecule has 1 atom stereocenters. The van der Waals surface area contributed by atoms with Crippen molar-refractivity contribution in [3.63, 3.8) is 0 Å². The van der Waals surface area contributed by atoms with Crippen molar-refractivity contribution in [2.45, 2.75) is 59.3 Å². The monoisotopic (exact) mass is 288 g/mol. The van der Waals surface area contributed by atoms with Gasteiger partial charge in [0.1, 0.15) is 6.61 Å². The normalized spacial score (nSPS) is 13.0. The fraction of sp³-hybridized carbons (Fsp3) is 0.526. The molecule has 0 amide bonds. The lowest BCUT2D eigenvalue weighted by atomic mass is 9.95. The molecule has 1 rings (SSSR count). The Morgan fingerprint density at radius 3 is 2.57 bits per heavy atom. The first-order valence-electron chi connectivity index (χ1n) is 7.90. The summed E-state index contributed by atoms with van der Waals surface area (Å²) in [5, 5.41) is 0. The minimum atomic E-state index is -0.0988. The van der Waals surface area contributed by atoms with E-state index in [1.54, 1.807) is 0 Å². The molecule has 0 aromatic heterocycles. The molecular formula is C19H28O2. The first-order valence-corrected chi connectivity index (χ1v) is 7.90. The van der Waals surface area contributed by atoms with Crippen molar-refractivity contribution >= 4 is 5.97 Å². The van der Waals surface area contributed by atoms with Gasteiger partial charge in [-0.15, -0.1) is 0 Å². The second-order valence-corrected chi connectivity index (χ2v) is 5.85. The van der Waals surface area contributed by atoms with Gasteiger partial charge in [-0.2, -0.15) is 0 Å². The Morgan fingerprint density at radius 2 is 1.95 bits per heavy atom. The maximum atomic E-state index is 11.3. The molecule has 1 aromatic rings. The Hall–Kier alpha value is -1.57. The third-order valence-electron chi connectivity index (χ3n) is 3.65. The van der Waals surface area contributed by atoms with Crippen molar-refractivity contribution < 1.29 is 9.53 Å². The van der Waals surface area contributed by atoms with E-state index in [2.05, 4.69) is 44.2 Å². The first kappa shape index (κ1) is 17.5. The predicted molar refractivity (Wildman–Crippen MR) is 88.5 cm³/mol. The van der Waals surface area contributed by atoms with Crippen LogP contribution >= 0.6 is 0 Å². The Kier molecular flexibility index (Phi) is 7.81. The summed E-state index contributed by atoms with van der Waals surface area (Å²) >= 11 is 0. The molecule has 116 valence electrons. The Balaban J connectivity index is 2.32. The summed E-state index contributed by atoms with van der Waals surface area (Å²) in [6.07, 6.45) is 5.67. The second-order valence-electron chi connectivity index (χ2n) is 5.85. The molecule has 2 heteroatoms. The van der Waals surface area contributed by atoms with Gasteiger partial charge in [-0.1, -0.05) is 49.8 Å². The summed E-state index contributed by atoms with van der Waals surface area (Å²) in [4.78, 5) is 11.3. The van der Waals surface area contributed by atoms with E-state index >= 15 is 0 Å². The van der Waals surface area contributed by atoms with Crippen LogP contribution in [0.3, 0.4) is 0 Å². The third-order valence-corrected chi connectivity index (χ3v) is 3.65. The molecule has 1 aromatic carbocycles. The Labute approximate surface area is 129 Å². The van der Waals surface area contributed by atoms with Crippen LogP contribution in [0.5, 0.6) is 0 Å². The van der Waals surface area contributed by atoms with Gasteiger partial charge in [-0.05, 0) is 50.2 Å². The lowest BCUT2D eigenvalue weighted by Crippen LogP contribution is -2.05. The van der Waals surface area contributed by atoms with Crippen molar-refractivity contribution in [3.8, 4) is 0 Å². The zero-order chi connectivity index (χ0) is 15.7. The van der Waals surface area contributed by atoms with Crippen molar-refractivity contribution in [1.82, 2.24) is 0 Å². The topological polar surface area (TPSA) is 26.3 Å². The second kappa shape index (κ2) is 9.38. The molecule has 0 spiro atoms. The van der Waals surface area contributed by atoms with Crippen LogP contribution in [0.4, 0.5) is 0 Å². The van der Waals surface area contributed by atoms with Crippen LogP contribution < -0.4 is 0 Å². The number of ether oxygens (including phenoxy) is 1. The average Bonchev–Trinajstić information content (AvgIpc) is 2.46. The van der Waals surface area contributed by atoms with E-state index in [1.165, 1.54) is 11.1 Å². The van der Waals surface area contributed by atoms with Gasteiger partial charge in [-0.25, -0.2) is 0 Å². The molecule has 0 fully saturated rings. The summed E-state index contributed by atoms with van der Waals surface area (Å²) in [7, 11) is 0. The standard InChI is InChI=1S/C19H28O2/c1-5-7-19(20)21-14-16(3)8-6-9-17(4)18-12-10-15(2)11-13-18/h8,10-13,17H,5-7,9,14H2,1-4H3/t17-/m0/s1. The van der Waals surface area contributed by atoms with Crippen LogP contribution in [0.1, 0.15) is 63.5 Å². The van der Waals surface area contributed by atoms with E-state index in [1.807, 2.05) is 13.8 Å². The van der Waals surface area contributed by atoms with Crippen molar-refractivity contribution in [3.05, 3.63) is 47.0 Å². The van der Waals surface area contributed by atoms with Crippen LogP contribution in [0.15, 0.2) is 35.9 Å². The van der Waals surface area contributed by atoms with E-state index in [4.69, 9.17) is 4.74 Å². The van der Waals surface area contributed by atoms with Crippen LogP contribution in [-0.4, -0.2) is 12.6 Å². The van der Waals surface area contributed by atoms with Gasteiger partial charge in [0.15, 0.2) is 0 Å². The highest BCUT2D eigenvalue weighted by Gasteiger charge is 2.05. The van der Waals surface area contributed by atoms with Crippen molar-refractivity contribution in [2.75, 3.05) is 6.61 Å². The fourth-order valence-electron chi connectivity index (χ4n) is 2.17. The maximum absolute atomic E-state index is 11.3. The number of carbonyl (C=O) groups is 1. The van der Waals surface area contributed by atoms with Crippen molar-refractivity contribution in [2.24, 2.45) is 0 Å². The highest BCUT2D eigenvalue weighted by atomic mass is 16.5. The first-order chi connectivity index (χ1) is 10.0. The molecule has 0 unspecified atom stereocenters. The van der Waals surface area contributed by atoms with Gasteiger partial charge >= 0.3 is 5.97 Å². The van der Waals surface area contributed by atoms with Gasteiger partial charge in [0.2, 0.25) is 0 Å². The Bertz CT molecular complexity index is 457. The minimum absolute atomic E-state index is 0.0988. The van der Waals surface area contributed by atoms with Gasteiger partial charge < -0.3 is 4.74 Å². The lowest BCUT2D eigenvalue weighted by molar-refractivity contribution is -0.142. The van der Waals surface area contributed by atoms with Gasteiger partial charge in [-0.3, -0.25) is 4.79 Å². The quantitative estimate of drug-likeness (QED) is 0.487. The molecule has 0 aliphatic carbocycles. The lowest BCUT2D eigenvalue weighted by Gasteiger charge is -2.11. The summed E-state index contributed by atoms with van der Waals surface area (Å²) in [6, 6.07) is 8.76.